The van der Waals surface area contributed by atoms with Crippen LogP contribution in [0.2, 0.25) is 0 Å². The van der Waals surface area contributed by atoms with Gasteiger partial charge in [0.2, 0.25) is 0 Å². The molecule has 27 heavy (non-hydrogen) atoms. The average molecular weight is 370 g/mol. The van der Waals surface area contributed by atoms with Gasteiger partial charge in [-0.05, 0) is 43.0 Å². The lowest BCUT2D eigenvalue weighted by Gasteiger charge is -2.03. The standard InChI is InChI=1S/C14H22.C9H8O4/c1-2-3-4-5-6-8-11-14-12-9-7-10-13-14;1-5-6(8(10)11)3-2-4-7(5)9(12)13/h7,9-10,12-13H,2-6,8,11H2,1H3;2-4H,1H3,(H,10,11)(H,12,13). The van der Waals surface area contributed by atoms with Crippen molar-refractivity contribution in [3.63, 3.8) is 0 Å². The molecule has 0 aliphatic heterocycles. The van der Waals surface area contributed by atoms with Gasteiger partial charge in [-0.15, -0.1) is 0 Å². The second-order valence-corrected chi connectivity index (χ2v) is 6.59. The summed E-state index contributed by atoms with van der Waals surface area (Å²) in [5.41, 5.74) is 1.82. The molecule has 4 heteroatoms. The molecule has 2 N–H and O–H groups in total. The molecule has 2 rings (SSSR count). The quantitative estimate of drug-likeness (QED) is 0.532. The molecule has 0 aliphatic rings. The van der Waals surface area contributed by atoms with Gasteiger partial charge < -0.3 is 10.2 Å². The van der Waals surface area contributed by atoms with Gasteiger partial charge in [-0.1, -0.05) is 75.4 Å². The fourth-order valence-corrected chi connectivity index (χ4v) is 2.85. The predicted octanol–water partition coefficient (Wildman–Crippen LogP) is 5.98. The Morgan fingerprint density at radius 2 is 1.26 bits per heavy atom. The van der Waals surface area contributed by atoms with E-state index in [-0.39, 0.29) is 16.7 Å². The van der Waals surface area contributed by atoms with Crippen molar-refractivity contribution in [1.29, 1.82) is 0 Å². The molecule has 0 unspecified atom stereocenters. The first-order chi connectivity index (χ1) is 13.0. The van der Waals surface area contributed by atoms with E-state index < -0.39 is 11.9 Å². The van der Waals surface area contributed by atoms with Crippen LogP contribution in [0.3, 0.4) is 0 Å². The molecule has 0 spiro atoms. The summed E-state index contributed by atoms with van der Waals surface area (Å²) in [4.78, 5) is 21.2. The smallest absolute Gasteiger partial charge is 0.335 e. The Morgan fingerprint density at radius 1 is 0.741 bits per heavy atom. The molecule has 0 aromatic heterocycles. The minimum Gasteiger partial charge on any atom is -0.478 e. The topological polar surface area (TPSA) is 74.6 Å². The number of rotatable bonds is 9. The summed E-state index contributed by atoms with van der Waals surface area (Å²) in [6, 6.07) is 15.0. The summed E-state index contributed by atoms with van der Waals surface area (Å²) in [6.45, 7) is 3.75. The van der Waals surface area contributed by atoms with Gasteiger partial charge in [-0.3, -0.25) is 0 Å². The van der Waals surface area contributed by atoms with Crippen LogP contribution in [0.25, 0.3) is 0 Å². The first kappa shape index (κ1) is 22.4. The lowest BCUT2D eigenvalue weighted by atomic mass is 10.0. The van der Waals surface area contributed by atoms with Crippen LogP contribution >= 0.6 is 0 Å². The van der Waals surface area contributed by atoms with Crippen molar-refractivity contribution in [1.82, 2.24) is 0 Å². The maximum Gasteiger partial charge on any atom is 0.335 e. The highest BCUT2D eigenvalue weighted by Gasteiger charge is 2.13. The molecule has 0 atom stereocenters. The van der Waals surface area contributed by atoms with Crippen molar-refractivity contribution >= 4 is 11.9 Å². The number of carboxylic acids is 2. The maximum atomic E-state index is 10.6. The van der Waals surface area contributed by atoms with Crippen LogP contribution in [0, 0.1) is 6.92 Å². The third-order valence-corrected chi connectivity index (χ3v) is 4.46. The maximum absolute atomic E-state index is 10.6. The van der Waals surface area contributed by atoms with Gasteiger partial charge in [-0.25, -0.2) is 9.59 Å². The molecule has 0 fully saturated rings. The number of carboxylic acid groups (broad SMARTS) is 2. The number of hydrogen-bond donors (Lipinski definition) is 2. The Kier molecular flexibility index (Phi) is 10.5. The van der Waals surface area contributed by atoms with Crippen molar-refractivity contribution in [2.75, 3.05) is 0 Å². The molecular weight excluding hydrogens is 340 g/mol. The molecule has 0 aliphatic carbocycles. The lowest BCUT2D eigenvalue weighted by molar-refractivity contribution is 0.0696. The number of carbonyl (C=O) groups is 2. The largest absolute Gasteiger partial charge is 0.478 e. The molecule has 4 nitrogen and oxygen atoms in total. The summed E-state index contributed by atoms with van der Waals surface area (Å²) in [5.74, 6) is -2.22. The number of aromatic carboxylic acids is 2. The Labute approximate surface area is 161 Å². The molecule has 0 amide bonds. The van der Waals surface area contributed by atoms with E-state index in [1.54, 1.807) is 0 Å². The minimum absolute atomic E-state index is 0.0277. The zero-order chi connectivity index (χ0) is 20.1. The van der Waals surface area contributed by atoms with Crippen LogP contribution in [0.1, 0.15) is 77.3 Å². The molecule has 0 heterocycles. The molecular formula is C23H30O4. The first-order valence-corrected chi connectivity index (χ1v) is 9.57. The van der Waals surface area contributed by atoms with E-state index in [1.807, 2.05) is 0 Å². The van der Waals surface area contributed by atoms with E-state index in [9.17, 15) is 9.59 Å². The van der Waals surface area contributed by atoms with Crippen LogP contribution in [0.5, 0.6) is 0 Å². The van der Waals surface area contributed by atoms with Gasteiger partial charge >= 0.3 is 11.9 Å². The second kappa shape index (κ2) is 12.7. The third-order valence-electron chi connectivity index (χ3n) is 4.46. The van der Waals surface area contributed by atoms with Crippen LogP contribution in [-0.2, 0) is 6.42 Å². The van der Waals surface area contributed by atoms with Crippen molar-refractivity contribution in [3.05, 3.63) is 70.8 Å². The minimum atomic E-state index is -1.11. The number of aryl methyl sites for hydroxylation is 1. The lowest BCUT2D eigenvalue weighted by Crippen LogP contribution is -2.06. The van der Waals surface area contributed by atoms with Gasteiger partial charge in [0.25, 0.3) is 0 Å². The van der Waals surface area contributed by atoms with Gasteiger partial charge in [0, 0.05) is 0 Å². The van der Waals surface area contributed by atoms with E-state index >= 15 is 0 Å². The van der Waals surface area contributed by atoms with E-state index in [0.717, 1.165) is 0 Å². The molecule has 2 aromatic carbocycles. The average Bonchev–Trinajstić information content (AvgIpc) is 2.65. The Hall–Kier alpha value is -2.62. The van der Waals surface area contributed by atoms with E-state index in [1.165, 1.54) is 75.6 Å². The Bertz CT molecular complexity index is 675. The van der Waals surface area contributed by atoms with Crippen LogP contribution in [0.4, 0.5) is 0 Å². The third kappa shape index (κ3) is 8.54. The van der Waals surface area contributed by atoms with Gasteiger partial charge in [0.1, 0.15) is 0 Å². The van der Waals surface area contributed by atoms with Crippen LogP contribution < -0.4 is 0 Å². The highest BCUT2D eigenvalue weighted by atomic mass is 16.4. The second-order valence-electron chi connectivity index (χ2n) is 6.59. The molecule has 146 valence electrons. The van der Waals surface area contributed by atoms with E-state index in [0.29, 0.717) is 0 Å². The molecule has 0 bridgehead atoms. The van der Waals surface area contributed by atoms with E-state index in [2.05, 4.69) is 37.3 Å². The van der Waals surface area contributed by atoms with E-state index in [4.69, 9.17) is 10.2 Å². The van der Waals surface area contributed by atoms with Gasteiger partial charge in [0.15, 0.2) is 0 Å². The van der Waals surface area contributed by atoms with Crippen molar-refractivity contribution in [2.24, 2.45) is 0 Å². The highest BCUT2D eigenvalue weighted by Crippen LogP contribution is 2.13. The van der Waals surface area contributed by atoms with Crippen molar-refractivity contribution < 1.29 is 19.8 Å². The molecule has 0 saturated heterocycles. The Balaban J connectivity index is 0.000000271. The monoisotopic (exact) mass is 370 g/mol. The predicted molar refractivity (Wildman–Crippen MR) is 109 cm³/mol. The molecule has 0 radical (unpaired) electrons. The summed E-state index contributed by atoms with van der Waals surface area (Å²) in [6.07, 6.45) is 9.60. The first-order valence-electron chi connectivity index (χ1n) is 9.57. The SMILES string of the molecule is CCCCCCCCc1ccccc1.Cc1c(C(=O)O)cccc1C(=O)O. The zero-order valence-electron chi connectivity index (χ0n) is 16.3. The summed E-state index contributed by atoms with van der Waals surface area (Å²) in [7, 11) is 0. The van der Waals surface area contributed by atoms with Gasteiger partial charge in [-0.2, -0.15) is 0 Å². The number of unbranched alkanes of at least 4 members (excludes halogenated alkanes) is 5. The summed E-state index contributed by atoms with van der Waals surface area (Å²) in [5, 5.41) is 17.4. The van der Waals surface area contributed by atoms with Gasteiger partial charge in [0.05, 0.1) is 11.1 Å². The molecule has 0 saturated carbocycles. The fourth-order valence-electron chi connectivity index (χ4n) is 2.85. The van der Waals surface area contributed by atoms with Crippen molar-refractivity contribution in [2.45, 2.75) is 58.8 Å². The zero-order valence-corrected chi connectivity index (χ0v) is 16.3. The van der Waals surface area contributed by atoms with Crippen molar-refractivity contribution in [3.8, 4) is 0 Å². The normalized spacial score (nSPS) is 10.0. The summed E-state index contributed by atoms with van der Waals surface area (Å²) >= 11 is 0. The number of hydrogen-bond acceptors (Lipinski definition) is 2. The molecule has 2 aromatic rings. The fraction of sp³-hybridized carbons (Fsp3) is 0.391. The number of benzene rings is 2. The Morgan fingerprint density at radius 3 is 1.78 bits per heavy atom. The highest BCUT2D eigenvalue weighted by molar-refractivity contribution is 5.96. The summed E-state index contributed by atoms with van der Waals surface area (Å²) < 4.78 is 0. The van der Waals surface area contributed by atoms with Crippen LogP contribution in [0.15, 0.2) is 48.5 Å². The van der Waals surface area contributed by atoms with Crippen LogP contribution in [-0.4, -0.2) is 22.2 Å².